The molecule has 14 heavy (non-hydrogen) atoms. The molecule has 0 aliphatic heterocycles. The minimum Gasteiger partial charge on any atom is -0.310 e. The van der Waals surface area contributed by atoms with Crippen LogP contribution in [0.2, 0.25) is 0 Å². The van der Waals surface area contributed by atoms with Crippen LogP contribution in [0.1, 0.15) is 0 Å². The Morgan fingerprint density at radius 3 is 2.29 bits per heavy atom. The van der Waals surface area contributed by atoms with Crippen LogP contribution in [0.5, 0.6) is 0 Å². The number of hydrogen-bond acceptors (Lipinski definition) is 2. The van der Waals surface area contributed by atoms with Crippen LogP contribution in [-0.2, 0) is 0 Å². The van der Waals surface area contributed by atoms with Gasteiger partial charge in [0.1, 0.15) is 0 Å². The van der Waals surface area contributed by atoms with Crippen molar-refractivity contribution in [1.82, 2.24) is 10.6 Å². The molecule has 0 radical (unpaired) electrons. The summed E-state index contributed by atoms with van der Waals surface area (Å²) in [6, 6.07) is 0. The van der Waals surface area contributed by atoms with Gasteiger partial charge in [0.25, 0.3) is 0 Å². The maximum Gasteiger partial charge on any atom is 0.319 e. The summed E-state index contributed by atoms with van der Waals surface area (Å²) in [6.45, 7) is -0.164. The van der Waals surface area contributed by atoms with E-state index in [1.807, 2.05) is 0 Å². The van der Waals surface area contributed by atoms with Crippen LogP contribution in [-0.4, -0.2) is 38.5 Å². The molecule has 0 aliphatic carbocycles. The highest BCUT2D eigenvalue weighted by atomic mass is 19.3. The Kier molecular flexibility index (Phi) is 6.25. The highest BCUT2D eigenvalue weighted by Gasteiger charge is 2.39. The van der Waals surface area contributed by atoms with Gasteiger partial charge in [-0.3, -0.25) is 0 Å². The van der Waals surface area contributed by atoms with Crippen LogP contribution in [0.15, 0.2) is 0 Å². The molecule has 0 saturated carbocycles. The van der Waals surface area contributed by atoms with E-state index in [1.54, 1.807) is 0 Å². The first-order valence-corrected chi connectivity index (χ1v) is 4.01. The van der Waals surface area contributed by atoms with Crippen LogP contribution >= 0.6 is 0 Å². The molecule has 0 amide bonds. The third-order valence-electron chi connectivity index (χ3n) is 1.39. The molecule has 0 rings (SSSR count). The molecule has 0 heterocycles. The van der Waals surface area contributed by atoms with Gasteiger partial charge < -0.3 is 10.6 Å². The molecule has 0 aliphatic rings. The van der Waals surface area contributed by atoms with Gasteiger partial charge in [-0.15, -0.1) is 6.42 Å². The topological polar surface area (TPSA) is 24.1 Å². The average Bonchev–Trinajstić information content (AvgIpc) is 2.10. The van der Waals surface area contributed by atoms with Gasteiger partial charge in [0, 0.05) is 13.1 Å². The zero-order valence-electron chi connectivity index (χ0n) is 7.49. The van der Waals surface area contributed by atoms with Crippen molar-refractivity contribution in [3.8, 4) is 12.3 Å². The first-order chi connectivity index (χ1) is 6.50. The van der Waals surface area contributed by atoms with Crippen molar-refractivity contribution < 1.29 is 17.6 Å². The van der Waals surface area contributed by atoms with Crippen molar-refractivity contribution in [2.24, 2.45) is 0 Å². The monoisotopic (exact) mass is 212 g/mol. The van der Waals surface area contributed by atoms with Crippen molar-refractivity contribution >= 4 is 0 Å². The first-order valence-electron chi connectivity index (χ1n) is 4.01. The lowest BCUT2D eigenvalue weighted by Crippen LogP contribution is -2.41. The largest absolute Gasteiger partial charge is 0.319 e. The first kappa shape index (κ1) is 13.2. The number of alkyl halides is 4. The van der Waals surface area contributed by atoms with Gasteiger partial charge in [0.2, 0.25) is 0 Å². The fourth-order valence-electron chi connectivity index (χ4n) is 0.670. The summed E-state index contributed by atoms with van der Waals surface area (Å²) in [5.74, 6) is -1.68. The van der Waals surface area contributed by atoms with Crippen LogP contribution in [0.25, 0.3) is 0 Å². The quantitative estimate of drug-likeness (QED) is 0.369. The average molecular weight is 212 g/mol. The molecule has 82 valence electrons. The Balaban J connectivity index is 3.41. The lowest BCUT2D eigenvalue weighted by atomic mass is 10.3. The number of rotatable bonds is 7. The van der Waals surface area contributed by atoms with Crippen molar-refractivity contribution in [3.05, 3.63) is 0 Å². The smallest absolute Gasteiger partial charge is 0.310 e. The Bertz CT molecular complexity index is 188. The third kappa shape index (κ3) is 5.78. The van der Waals surface area contributed by atoms with Gasteiger partial charge in [-0.2, -0.15) is 8.78 Å². The Morgan fingerprint density at radius 1 is 1.21 bits per heavy atom. The second kappa shape index (κ2) is 6.62. The van der Waals surface area contributed by atoms with Gasteiger partial charge in [-0.05, 0) is 0 Å². The molecule has 6 heteroatoms. The highest BCUT2D eigenvalue weighted by molar-refractivity contribution is 4.86. The van der Waals surface area contributed by atoms with Gasteiger partial charge >= 0.3 is 12.3 Å². The van der Waals surface area contributed by atoms with Crippen LogP contribution in [0, 0.1) is 12.3 Å². The van der Waals surface area contributed by atoms with Crippen molar-refractivity contribution in [1.29, 1.82) is 0 Å². The summed E-state index contributed by atoms with van der Waals surface area (Å²) in [5.41, 5.74) is 0. The van der Waals surface area contributed by atoms with Gasteiger partial charge in [0.15, 0.2) is 0 Å². The zero-order chi connectivity index (χ0) is 11.0. The fourth-order valence-corrected chi connectivity index (χ4v) is 0.670. The molecule has 0 fully saturated rings. The molecular formula is C8H12F4N2. The summed E-state index contributed by atoms with van der Waals surface area (Å²) < 4.78 is 47.7. The second-order valence-corrected chi connectivity index (χ2v) is 2.62. The minimum absolute atomic E-state index is 0.171. The van der Waals surface area contributed by atoms with Gasteiger partial charge in [-0.1, -0.05) is 5.92 Å². The van der Waals surface area contributed by atoms with E-state index < -0.39 is 18.9 Å². The standard InChI is InChI=1S/C8H12F4N2/c1-2-3-13-4-5-14-6-8(11,12)7(9)10/h1,7,13-14H,3-6H2. The molecule has 2 N–H and O–H groups in total. The van der Waals surface area contributed by atoms with Crippen LogP contribution in [0.4, 0.5) is 17.6 Å². The van der Waals surface area contributed by atoms with Gasteiger partial charge in [0.05, 0.1) is 13.1 Å². The van der Waals surface area contributed by atoms with E-state index in [4.69, 9.17) is 6.42 Å². The van der Waals surface area contributed by atoms with Crippen molar-refractivity contribution in [2.45, 2.75) is 12.3 Å². The minimum atomic E-state index is -3.97. The third-order valence-corrected chi connectivity index (χ3v) is 1.39. The lowest BCUT2D eigenvalue weighted by Gasteiger charge is -2.15. The van der Waals surface area contributed by atoms with E-state index in [9.17, 15) is 17.6 Å². The SMILES string of the molecule is C#CCNCCNCC(F)(F)C(F)F. The zero-order valence-corrected chi connectivity index (χ0v) is 7.49. The Labute approximate surface area is 80.1 Å². The van der Waals surface area contributed by atoms with Crippen molar-refractivity contribution in [2.75, 3.05) is 26.2 Å². The summed E-state index contributed by atoms with van der Waals surface area (Å²) in [4.78, 5) is 0. The predicted molar refractivity (Wildman–Crippen MR) is 45.5 cm³/mol. The molecule has 0 spiro atoms. The molecule has 2 nitrogen and oxygen atoms in total. The summed E-state index contributed by atoms with van der Waals surface area (Å²) in [5, 5.41) is 4.92. The molecule has 0 atom stereocenters. The second-order valence-electron chi connectivity index (χ2n) is 2.62. The molecule has 0 aromatic rings. The van der Waals surface area contributed by atoms with Crippen LogP contribution < -0.4 is 10.6 Å². The maximum absolute atomic E-state index is 12.3. The van der Waals surface area contributed by atoms with E-state index >= 15 is 0 Å². The van der Waals surface area contributed by atoms with Gasteiger partial charge in [-0.25, -0.2) is 8.78 Å². The summed E-state index contributed by atoms with van der Waals surface area (Å²) in [6.07, 6.45) is 1.27. The molecule has 0 unspecified atom stereocenters. The van der Waals surface area contributed by atoms with E-state index in [0.717, 1.165) is 0 Å². The van der Waals surface area contributed by atoms with E-state index in [2.05, 4.69) is 16.6 Å². The summed E-state index contributed by atoms with van der Waals surface area (Å²) in [7, 11) is 0. The van der Waals surface area contributed by atoms with E-state index in [1.165, 1.54) is 0 Å². The Hall–Kier alpha value is -0.800. The maximum atomic E-state index is 12.3. The van der Waals surface area contributed by atoms with E-state index in [-0.39, 0.29) is 6.54 Å². The predicted octanol–water partition coefficient (Wildman–Crippen LogP) is 0.699. The van der Waals surface area contributed by atoms with Crippen LogP contribution in [0.3, 0.4) is 0 Å². The lowest BCUT2D eigenvalue weighted by molar-refractivity contribution is -0.125. The Morgan fingerprint density at radius 2 is 1.79 bits per heavy atom. The molecule has 0 saturated heterocycles. The number of hydrogen-bond donors (Lipinski definition) is 2. The molecular weight excluding hydrogens is 200 g/mol. The fraction of sp³-hybridized carbons (Fsp3) is 0.750. The number of terminal acetylenes is 1. The van der Waals surface area contributed by atoms with E-state index in [0.29, 0.717) is 13.1 Å². The number of nitrogens with one attached hydrogen (secondary N) is 2. The number of halogens is 4. The van der Waals surface area contributed by atoms with Crippen molar-refractivity contribution in [3.63, 3.8) is 0 Å². The highest BCUT2D eigenvalue weighted by Crippen LogP contribution is 2.21. The molecule has 0 aromatic carbocycles. The molecule has 0 aromatic heterocycles. The molecule has 0 bridgehead atoms. The summed E-state index contributed by atoms with van der Waals surface area (Å²) >= 11 is 0. The normalized spacial score (nSPS) is 11.7.